The standard InChI is InChI=1S/C16H19FN4/c1-3-14(4-2)21-8-7-13(20-21)11-19-16-6-5-12(10-18)9-15(16)17/h5-9,14,19H,3-4,11H2,1-2H3. The van der Waals surface area contributed by atoms with E-state index < -0.39 is 5.82 Å². The highest BCUT2D eigenvalue weighted by Crippen LogP contribution is 2.17. The molecule has 0 atom stereocenters. The van der Waals surface area contributed by atoms with E-state index in [4.69, 9.17) is 5.26 Å². The second kappa shape index (κ2) is 6.89. The van der Waals surface area contributed by atoms with E-state index in [1.807, 2.05) is 23.0 Å². The van der Waals surface area contributed by atoms with E-state index in [1.54, 1.807) is 12.1 Å². The van der Waals surface area contributed by atoms with E-state index in [9.17, 15) is 4.39 Å². The average Bonchev–Trinajstić information content (AvgIpc) is 2.96. The average molecular weight is 286 g/mol. The molecule has 0 amide bonds. The Balaban J connectivity index is 2.02. The van der Waals surface area contributed by atoms with Crippen LogP contribution in [0.2, 0.25) is 0 Å². The first-order valence-corrected chi connectivity index (χ1v) is 7.15. The first kappa shape index (κ1) is 15.0. The number of hydrogen-bond donors (Lipinski definition) is 1. The van der Waals surface area contributed by atoms with Gasteiger partial charge in [-0.2, -0.15) is 10.4 Å². The summed E-state index contributed by atoms with van der Waals surface area (Å²) in [5.41, 5.74) is 1.56. The molecule has 0 bridgehead atoms. The largest absolute Gasteiger partial charge is 0.377 e. The maximum Gasteiger partial charge on any atom is 0.147 e. The molecule has 1 aromatic carbocycles. The Kier molecular flexibility index (Phi) is 4.94. The van der Waals surface area contributed by atoms with Crippen LogP contribution < -0.4 is 5.32 Å². The summed E-state index contributed by atoms with van der Waals surface area (Å²) in [6, 6.07) is 8.65. The Hall–Kier alpha value is -2.35. The molecule has 1 N–H and O–H groups in total. The Morgan fingerprint density at radius 3 is 2.71 bits per heavy atom. The molecule has 0 fully saturated rings. The number of halogens is 1. The lowest BCUT2D eigenvalue weighted by atomic mass is 10.2. The van der Waals surface area contributed by atoms with Crippen LogP contribution >= 0.6 is 0 Å². The van der Waals surface area contributed by atoms with Gasteiger partial charge in [0.1, 0.15) is 5.82 Å². The summed E-state index contributed by atoms with van der Waals surface area (Å²) >= 11 is 0. The summed E-state index contributed by atoms with van der Waals surface area (Å²) in [5, 5.41) is 16.2. The SMILES string of the molecule is CCC(CC)n1ccc(CNc2ccc(C#N)cc2F)n1. The number of nitrogens with one attached hydrogen (secondary N) is 1. The topological polar surface area (TPSA) is 53.6 Å². The Bertz CT molecular complexity index is 638. The van der Waals surface area contributed by atoms with E-state index in [1.165, 1.54) is 6.07 Å². The van der Waals surface area contributed by atoms with Crippen molar-refractivity contribution in [3.63, 3.8) is 0 Å². The van der Waals surface area contributed by atoms with Crippen molar-refractivity contribution in [3.05, 3.63) is 47.5 Å². The molecule has 21 heavy (non-hydrogen) atoms. The van der Waals surface area contributed by atoms with Gasteiger partial charge in [-0.15, -0.1) is 0 Å². The van der Waals surface area contributed by atoms with Crippen molar-refractivity contribution in [1.29, 1.82) is 5.26 Å². The number of aromatic nitrogens is 2. The van der Waals surface area contributed by atoms with E-state index in [-0.39, 0.29) is 0 Å². The lowest BCUT2D eigenvalue weighted by Gasteiger charge is -2.12. The maximum atomic E-state index is 13.7. The summed E-state index contributed by atoms with van der Waals surface area (Å²) in [7, 11) is 0. The smallest absolute Gasteiger partial charge is 0.147 e. The van der Waals surface area contributed by atoms with Gasteiger partial charge in [-0.1, -0.05) is 13.8 Å². The molecule has 110 valence electrons. The van der Waals surface area contributed by atoms with Gasteiger partial charge in [0.05, 0.1) is 35.6 Å². The van der Waals surface area contributed by atoms with Crippen LogP contribution in [-0.2, 0) is 6.54 Å². The van der Waals surface area contributed by atoms with Crippen molar-refractivity contribution in [2.24, 2.45) is 0 Å². The molecule has 0 radical (unpaired) electrons. The van der Waals surface area contributed by atoms with Gasteiger partial charge < -0.3 is 5.32 Å². The van der Waals surface area contributed by atoms with Crippen LogP contribution in [0.4, 0.5) is 10.1 Å². The fourth-order valence-electron chi connectivity index (χ4n) is 2.25. The summed E-state index contributed by atoms with van der Waals surface area (Å²) in [6.07, 6.45) is 4.04. The second-order valence-electron chi connectivity index (χ2n) is 4.92. The molecule has 0 spiro atoms. The molecule has 1 heterocycles. The highest BCUT2D eigenvalue weighted by Gasteiger charge is 2.08. The van der Waals surface area contributed by atoms with Gasteiger partial charge in [-0.3, -0.25) is 4.68 Å². The molecule has 0 aliphatic heterocycles. The third kappa shape index (κ3) is 3.60. The van der Waals surface area contributed by atoms with Crippen LogP contribution in [0.1, 0.15) is 44.0 Å². The minimum atomic E-state index is -0.423. The molecule has 5 heteroatoms. The summed E-state index contributed by atoms with van der Waals surface area (Å²) in [6.45, 7) is 4.73. The zero-order chi connectivity index (χ0) is 15.2. The molecule has 4 nitrogen and oxygen atoms in total. The Morgan fingerprint density at radius 1 is 1.33 bits per heavy atom. The number of anilines is 1. The fraction of sp³-hybridized carbons (Fsp3) is 0.375. The van der Waals surface area contributed by atoms with E-state index in [0.29, 0.717) is 23.8 Å². The van der Waals surface area contributed by atoms with Gasteiger partial charge in [-0.25, -0.2) is 4.39 Å². The highest BCUT2D eigenvalue weighted by atomic mass is 19.1. The number of rotatable bonds is 6. The van der Waals surface area contributed by atoms with Gasteiger partial charge in [0, 0.05) is 6.20 Å². The second-order valence-corrected chi connectivity index (χ2v) is 4.92. The van der Waals surface area contributed by atoms with E-state index in [2.05, 4.69) is 24.3 Å². The number of nitrogens with zero attached hydrogens (tertiary/aromatic N) is 3. The van der Waals surface area contributed by atoms with Crippen molar-refractivity contribution in [2.75, 3.05) is 5.32 Å². The molecular formula is C16H19FN4. The van der Waals surface area contributed by atoms with Gasteiger partial charge in [0.25, 0.3) is 0 Å². The first-order chi connectivity index (χ1) is 10.2. The molecule has 2 rings (SSSR count). The predicted octanol–water partition coefficient (Wildman–Crippen LogP) is 3.87. The van der Waals surface area contributed by atoms with Gasteiger partial charge >= 0.3 is 0 Å². The quantitative estimate of drug-likeness (QED) is 0.877. The van der Waals surface area contributed by atoms with Crippen molar-refractivity contribution < 1.29 is 4.39 Å². The van der Waals surface area contributed by atoms with Crippen molar-refractivity contribution in [2.45, 2.75) is 39.3 Å². The van der Waals surface area contributed by atoms with Gasteiger partial charge in [-0.05, 0) is 37.1 Å². The molecule has 0 aliphatic rings. The van der Waals surface area contributed by atoms with Gasteiger partial charge in [0.15, 0.2) is 0 Å². The zero-order valence-electron chi connectivity index (χ0n) is 12.3. The summed E-state index contributed by atoms with van der Waals surface area (Å²) in [4.78, 5) is 0. The highest BCUT2D eigenvalue weighted by molar-refractivity contribution is 5.48. The Morgan fingerprint density at radius 2 is 2.10 bits per heavy atom. The molecule has 2 aromatic rings. The monoisotopic (exact) mass is 286 g/mol. The van der Waals surface area contributed by atoms with Gasteiger partial charge in [0.2, 0.25) is 0 Å². The summed E-state index contributed by atoms with van der Waals surface area (Å²) < 4.78 is 15.7. The van der Waals surface area contributed by atoms with Crippen molar-refractivity contribution >= 4 is 5.69 Å². The normalized spacial score (nSPS) is 10.6. The third-order valence-electron chi connectivity index (χ3n) is 3.54. The lowest BCUT2D eigenvalue weighted by Crippen LogP contribution is -2.09. The third-order valence-corrected chi connectivity index (χ3v) is 3.54. The summed E-state index contributed by atoms with van der Waals surface area (Å²) in [5.74, 6) is -0.423. The lowest BCUT2D eigenvalue weighted by molar-refractivity contribution is 0.426. The van der Waals surface area contributed by atoms with Crippen LogP contribution in [0.15, 0.2) is 30.5 Å². The van der Waals surface area contributed by atoms with E-state index >= 15 is 0 Å². The maximum absolute atomic E-state index is 13.7. The van der Waals surface area contributed by atoms with E-state index in [0.717, 1.165) is 18.5 Å². The number of benzene rings is 1. The molecule has 0 saturated heterocycles. The number of hydrogen-bond acceptors (Lipinski definition) is 3. The minimum Gasteiger partial charge on any atom is -0.377 e. The first-order valence-electron chi connectivity index (χ1n) is 7.15. The molecule has 0 saturated carbocycles. The van der Waals surface area contributed by atoms with Crippen LogP contribution in [0.3, 0.4) is 0 Å². The molecule has 1 aromatic heterocycles. The number of nitriles is 1. The van der Waals surface area contributed by atoms with Crippen LogP contribution in [0.5, 0.6) is 0 Å². The van der Waals surface area contributed by atoms with Crippen LogP contribution in [0.25, 0.3) is 0 Å². The molecule has 0 unspecified atom stereocenters. The zero-order valence-corrected chi connectivity index (χ0v) is 12.3. The van der Waals surface area contributed by atoms with Crippen LogP contribution in [0, 0.1) is 17.1 Å². The molecular weight excluding hydrogens is 267 g/mol. The minimum absolute atomic E-state index is 0.316. The van der Waals surface area contributed by atoms with Crippen molar-refractivity contribution in [3.8, 4) is 6.07 Å². The molecule has 0 aliphatic carbocycles. The van der Waals surface area contributed by atoms with Crippen LogP contribution in [-0.4, -0.2) is 9.78 Å². The fourth-order valence-corrected chi connectivity index (χ4v) is 2.25. The predicted molar refractivity (Wildman–Crippen MR) is 80.3 cm³/mol. The Labute approximate surface area is 124 Å². The van der Waals surface area contributed by atoms with Crippen molar-refractivity contribution in [1.82, 2.24) is 9.78 Å².